The number of carbonyl (C=O) groups excluding carboxylic acids is 1. The molecule has 3 aromatic heterocycles. The highest BCUT2D eigenvalue weighted by Gasteiger charge is 2.17. The van der Waals surface area contributed by atoms with Crippen molar-refractivity contribution >= 4 is 48.9 Å². The standard InChI is InChI=1S/C17H16FN7OS2/c1-3-24(4-2)17-21-16-14(28-17)8-13(27-16)15(26)20-12-7-10(5-6-11(12)18)25-9-19-22-23-25/h5-9H,3-4H2,1-2H3,(H,20,26). The summed E-state index contributed by atoms with van der Waals surface area (Å²) in [6.07, 6.45) is 1.39. The van der Waals surface area contributed by atoms with Crippen LogP contribution in [0.1, 0.15) is 23.5 Å². The van der Waals surface area contributed by atoms with Crippen molar-refractivity contribution in [1.29, 1.82) is 0 Å². The predicted molar refractivity (Wildman–Crippen MR) is 108 cm³/mol. The third kappa shape index (κ3) is 3.45. The van der Waals surface area contributed by atoms with Crippen molar-refractivity contribution in [3.05, 3.63) is 41.3 Å². The SMILES string of the molecule is CCN(CC)c1nc2sc(C(=O)Nc3cc(-n4cnnn4)ccc3F)cc2s1. The molecule has 0 unspecified atom stereocenters. The third-order valence-electron chi connectivity index (χ3n) is 4.15. The molecule has 144 valence electrons. The highest BCUT2D eigenvalue weighted by Crippen LogP contribution is 2.35. The molecule has 1 amide bonds. The fourth-order valence-corrected chi connectivity index (χ4v) is 4.91. The van der Waals surface area contributed by atoms with Gasteiger partial charge in [0.1, 0.15) is 17.0 Å². The smallest absolute Gasteiger partial charge is 0.265 e. The largest absolute Gasteiger partial charge is 0.349 e. The Morgan fingerprint density at radius 1 is 1.25 bits per heavy atom. The maximum absolute atomic E-state index is 14.2. The number of hydrogen-bond donors (Lipinski definition) is 1. The number of rotatable bonds is 6. The van der Waals surface area contributed by atoms with Crippen molar-refractivity contribution in [2.45, 2.75) is 13.8 Å². The van der Waals surface area contributed by atoms with Crippen LogP contribution in [0.4, 0.5) is 15.2 Å². The van der Waals surface area contributed by atoms with Gasteiger partial charge in [0.25, 0.3) is 5.91 Å². The molecule has 0 saturated carbocycles. The summed E-state index contributed by atoms with van der Waals surface area (Å²) in [6.45, 7) is 5.91. The van der Waals surface area contributed by atoms with E-state index in [2.05, 4.69) is 44.6 Å². The molecule has 0 fully saturated rings. The average Bonchev–Trinajstić information content (AvgIpc) is 3.40. The normalized spacial score (nSPS) is 11.1. The monoisotopic (exact) mass is 417 g/mol. The summed E-state index contributed by atoms with van der Waals surface area (Å²) in [5.41, 5.74) is 0.603. The molecule has 4 aromatic rings. The molecule has 0 aliphatic heterocycles. The van der Waals surface area contributed by atoms with Crippen molar-refractivity contribution in [3.8, 4) is 5.69 Å². The third-order valence-corrected chi connectivity index (χ3v) is 6.37. The highest BCUT2D eigenvalue weighted by atomic mass is 32.1. The van der Waals surface area contributed by atoms with Gasteiger partial charge in [0.05, 0.1) is 21.0 Å². The molecule has 1 aromatic carbocycles. The van der Waals surface area contributed by atoms with Crippen LogP contribution in [-0.4, -0.2) is 44.2 Å². The number of halogens is 1. The van der Waals surface area contributed by atoms with E-state index in [4.69, 9.17) is 0 Å². The van der Waals surface area contributed by atoms with Gasteiger partial charge >= 0.3 is 0 Å². The zero-order valence-electron chi connectivity index (χ0n) is 15.1. The van der Waals surface area contributed by atoms with Crippen LogP contribution in [0.15, 0.2) is 30.6 Å². The molecule has 0 spiro atoms. The lowest BCUT2D eigenvalue weighted by atomic mass is 10.2. The molecule has 11 heteroatoms. The lowest BCUT2D eigenvalue weighted by Gasteiger charge is -2.16. The molecule has 0 atom stereocenters. The summed E-state index contributed by atoms with van der Waals surface area (Å²) >= 11 is 2.84. The van der Waals surface area contributed by atoms with Crippen molar-refractivity contribution in [2.24, 2.45) is 0 Å². The van der Waals surface area contributed by atoms with Crippen LogP contribution in [0, 0.1) is 5.82 Å². The molecular weight excluding hydrogens is 401 g/mol. The van der Waals surface area contributed by atoms with E-state index in [-0.39, 0.29) is 11.6 Å². The molecule has 0 radical (unpaired) electrons. The van der Waals surface area contributed by atoms with E-state index in [1.807, 2.05) is 0 Å². The summed E-state index contributed by atoms with van der Waals surface area (Å²) in [4.78, 5) is 20.7. The second kappa shape index (κ2) is 7.60. The van der Waals surface area contributed by atoms with Crippen molar-refractivity contribution in [2.75, 3.05) is 23.3 Å². The maximum atomic E-state index is 14.2. The number of fused-ring (bicyclic) bond motifs is 1. The van der Waals surface area contributed by atoms with E-state index in [0.717, 1.165) is 27.8 Å². The molecule has 1 N–H and O–H groups in total. The van der Waals surface area contributed by atoms with Crippen molar-refractivity contribution < 1.29 is 9.18 Å². The van der Waals surface area contributed by atoms with E-state index in [9.17, 15) is 9.18 Å². The number of tetrazole rings is 1. The number of aromatic nitrogens is 5. The van der Waals surface area contributed by atoms with Gasteiger partial charge < -0.3 is 10.2 Å². The number of nitrogens with one attached hydrogen (secondary N) is 1. The first-order valence-electron chi connectivity index (χ1n) is 8.58. The Bertz CT molecular complexity index is 1090. The molecular formula is C17H16FN7OS2. The number of anilines is 2. The Hall–Kier alpha value is -2.92. The average molecular weight is 417 g/mol. The van der Waals surface area contributed by atoms with E-state index < -0.39 is 5.82 Å². The zero-order chi connectivity index (χ0) is 19.7. The summed E-state index contributed by atoms with van der Waals surface area (Å²) in [5.74, 6) is -0.919. The van der Waals surface area contributed by atoms with Crippen LogP contribution in [0.25, 0.3) is 15.2 Å². The Morgan fingerprint density at radius 3 is 2.75 bits per heavy atom. The maximum Gasteiger partial charge on any atom is 0.265 e. The highest BCUT2D eigenvalue weighted by molar-refractivity contribution is 7.29. The number of benzene rings is 1. The van der Waals surface area contributed by atoms with Gasteiger partial charge in [0.15, 0.2) is 5.13 Å². The predicted octanol–water partition coefficient (Wildman–Crippen LogP) is 3.57. The van der Waals surface area contributed by atoms with E-state index in [1.54, 1.807) is 17.4 Å². The van der Waals surface area contributed by atoms with Gasteiger partial charge in [-0.2, -0.15) is 0 Å². The van der Waals surface area contributed by atoms with Gasteiger partial charge in [-0.1, -0.05) is 11.3 Å². The molecule has 28 heavy (non-hydrogen) atoms. The van der Waals surface area contributed by atoms with Crippen LogP contribution in [0.5, 0.6) is 0 Å². The molecule has 0 saturated heterocycles. The van der Waals surface area contributed by atoms with Gasteiger partial charge in [-0.15, -0.1) is 16.4 Å². The van der Waals surface area contributed by atoms with E-state index in [1.165, 1.54) is 40.5 Å². The van der Waals surface area contributed by atoms with Gasteiger partial charge in [-0.05, 0) is 48.5 Å². The van der Waals surface area contributed by atoms with Gasteiger partial charge in [-0.3, -0.25) is 4.79 Å². The van der Waals surface area contributed by atoms with Gasteiger partial charge in [0.2, 0.25) is 0 Å². The number of thiophene rings is 1. The Kier molecular flexibility index (Phi) is 5.01. The summed E-state index contributed by atoms with van der Waals surface area (Å²) in [6, 6.07) is 6.07. The minimum absolute atomic E-state index is 0.0616. The first kappa shape index (κ1) is 18.4. The van der Waals surface area contributed by atoms with Crippen molar-refractivity contribution in [1.82, 2.24) is 25.2 Å². The summed E-state index contributed by atoms with van der Waals surface area (Å²) in [7, 11) is 0. The van der Waals surface area contributed by atoms with Crippen LogP contribution >= 0.6 is 22.7 Å². The van der Waals surface area contributed by atoms with Crippen LogP contribution in [0.2, 0.25) is 0 Å². The first-order chi connectivity index (χ1) is 13.6. The van der Waals surface area contributed by atoms with E-state index in [0.29, 0.717) is 10.6 Å². The zero-order valence-corrected chi connectivity index (χ0v) is 16.7. The van der Waals surface area contributed by atoms with E-state index >= 15 is 0 Å². The molecule has 8 nitrogen and oxygen atoms in total. The minimum atomic E-state index is -0.537. The molecule has 0 bridgehead atoms. The first-order valence-corrected chi connectivity index (χ1v) is 10.2. The van der Waals surface area contributed by atoms with Gasteiger partial charge in [0, 0.05) is 13.1 Å². The second-order valence-corrected chi connectivity index (χ2v) is 7.86. The number of carbonyl (C=O) groups is 1. The number of amides is 1. The quantitative estimate of drug-likeness (QED) is 0.516. The fraction of sp³-hybridized carbons (Fsp3) is 0.235. The summed E-state index contributed by atoms with van der Waals surface area (Å²) in [5, 5.41) is 14.4. The van der Waals surface area contributed by atoms with Crippen LogP contribution < -0.4 is 10.2 Å². The van der Waals surface area contributed by atoms with Crippen LogP contribution in [-0.2, 0) is 0 Å². The van der Waals surface area contributed by atoms with Crippen LogP contribution in [0.3, 0.4) is 0 Å². The Balaban J connectivity index is 1.57. The topological polar surface area (TPSA) is 88.8 Å². The molecule has 4 rings (SSSR count). The van der Waals surface area contributed by atoms with Crippen molar-refractivity contribution in [3.63, 3.8) is 0 Å². The number of hydrogen-bond acceptors (Lipinski definition) is 8. The van der Waals surface area contributed by atoms with Gasteiger partial charge in [-0.25, -0.2) is 14.1 Å². The molecule has 0 aliphatic rings. The second-order valence-electron chi connectivity index (χ2n) is 5.82. The Morgan fingerprint density at radius 2 is 2.07 bits per heavy atom. The fourth-order valence-electron chi connectivity index (χ4n) is 2.68. The molecule has 3 heterocycles. The lowest BCUT2D eigenvalue weighted by Crippen LogP contribution is -2.21. The number of nitrogens with zero attached hydrogens (tertiary/aromatic N) is 6. The summed E-state index contributed by atoms with van der Waals surface area (Å²) < 4.78 is 16.5. The Labute approximate surface area is 167 Å². The lowest BCUT2D eigenvalue weighted by molar-refractivity contribution is 0.103. The minimum Gasteiger partial charge on any atom is -0.349 e. The number of thiazole rings is 1. The molecule has 0 aliphatic carbocycles.